The molecule has 128 valence electrons. The Morgan fingerprint density at radius 3 is 2.79 bits per heavy atom. The molecule has 3 aromatic rings. The molecular weight excluding hydrogens is 344 g/mol. The molecule has 0 saturated carbocycles. The van der Waals surface area contributed by atoms with Crippen LogP contribution in [0.25, 0.3) is 10.9 Å². The third kappa shape index (κ3) is 3.48. The van der Waals surface area contributed by atoms with E-state index >= 15 is 0 Å². The maximum Gasteiger partial charge on any atom is 0.250 e. The van der Waals surface area contributed by atoms with Gasteiger partial charge in [-0.05, 0) is 48.7 Å². The van der Waals surface area contributed by atoms with Gasteiger partial charge >= 0.3 is 0 Å². The third-order valence-corrected chi connectivity index (χ3v) is 7.09. The maximum absolute atomic E-state index is 12.3. The van der Waals surface area contributed by atoms with Crippen molar-refractivity contribution in [3.05, 3.63) is 47.0 Å². The zero-order valence-electron chi connectivity index (χ0n) is 13.6. The standard InChI is InChI=1S/C17H20N2O3S2/c1-3-14-5-7-17(23-14)24(20,21)19-9-8-12-11-18-16-6-4-13(22-2)10-15(12)16/h4-7,10-11,18-19H,3,8-9H2,1-2H3. The van der Waals surface area contributed by atoms with E-state index in [0.717, 1.165) is 33.5 Å². The molecule has 0 aliphatic rings. The van der Waals surface area contributed by atoms with Crippen LogP contribution in [0.1, 0.15) is 17.4 Å². The first kappa shape index (κ1) is 17.0. The summed E-state index contributed by atoms with van der Waals surface area (Å²) in [5, 5.41) is 1.05. The number of nitrogens with one attached hydrogen (secondary N) is 2. The van der Waals surface area contributed by atoms with Gasteiger partial charge in [-0.25, -0.2) is 13.1 Å². The second-order valence-corrected chi connectivity index (χ2v) is 8.61. The van der Waals surface area contributed by atoms with E-state index in [9.17, 15) is 8.42 Å². The summed E-state index contributed by atoms with van der Waals surface area (Å²) >= 11 is 1.32. The fraction of sp³-hybridized carbons (Fsp3) is 0.294. The van der Waals surface area contributed by atoms with Crippen LogP contribution in [0.5, 0.6) is 5.75 Å². The van der Waals surface area contributed by atoms with Crippen LogP contribution in [-0.4, -0.2) is 27.1 Å². The Morgan fingerprint density at radius 1 is 1.25 bits per heavy atom. The largest absolute Gasteiger partial charge is 0.497 e. The first-order valence-electron chi connectivity index (χ1n) is 7.76. The lowest BCUT2D eigenvalue weighted by Crippen LogP contribution is -2.25. The van der Waals surface area contributed by atoms with Gasteiger partial charge in [-0.1, -0.05) is 6.92 Å². The average molecular weight is 364 g/mol. The molecule has 5 nitrogen and oxygen atoms in total. The molecule has 0 unspecified atom stereocenters. The van der Waals surface area contributed by atoms with Crippen LogP contribution >= 0.6 is 11.3 Å². The van der Waals surface area contributed by atoms with E-state index in [1.807, 2.05) is 37.4 Å². The Balaban J connectivity index is 1.70. The number of thiophene rings is 1. The summed E-state index contributed by atoms with van der Waals surface area (Å²) < 4.78 is 33.0. The molecule has 0 aliphatic carbocycles. The Labute approximate surface area is 145 Å². The molecule has 0 aliphatic heterocycles. The summed E-state index contributed by atoms with van der Waals surface area (Å²) in [6, 6.07) is 9.35. The quantitative estimate of drug-likeness (QED) is 0.675. The van der Waals surface area contributed by atoms with Crippen molar-refractivity contribution in [2.45, 2.75) is 24.0 Å². The van der Waals surface area contributed by atoms with E-state index in [0.29, 0.717) is 17.2 Å². The molecular formula is C17H20N2O3S2. The van der Waals surface area contributed by atoms with Gasteiger partial charge in [-0.15, -0.1) is 11.3 Å². The van der Waals surface area contributed by atoms with E-state index < -0.39 is 10.0 Å². The number of rotatable bonds is 7. The van der Waals surface area contributed by atoms with Crippen LogP contribution < -0.4 is 9.46 Å². The Bertz CT molecular complexity index is 942. The van der Waals surface area contributed by atoms with Crippen LogP contribution in [0.4, 0.5) is 0 Å². The van der Waals surface area contributed by atoms with Crippen LogP contribution in [0.15, 0.2) is 40.7 Å². The normalized spacial score (nSPS) is 11.9. The minimum absolute atomic E-state index is 0.353. The summed E-state index contributed by atoms with van der Waals surface area (Å²) in [6.07, 6.45) is 3.37. The fourth-order valence-corrected chi connectivity index (χ4v) is 4.95. The van der Waals surface area contributed by atoms with Crippen molar-refractivity contribution >= 4 is 32.3 Å². The van der Waals surface area contributed by atoms with Crippen molar-refractivity contribution < 1.29 is 13.2 Å². The van der Waals surface area contributed by atoms with Gasteiger partial charge in [-0.3, -0.25) is 0 Å². The summed E-state index contributed by atoms with van der Waals surface area (Å²) in [7, 11) is -1.80. The first-order valence-corrected chi connectivity index (χ1v) is 10.1. The lowest BCUT2D eigenvalue weighted by molar-refractivity contribution is 0.415. The fourth-order valence-electron chi connectivity index (χ4n) is 2.58. The van der Waals surface area contributed by atoms with Crippen LogP contribution in [-0.2, 0) is 22.9 Å². The number of H-pyrrole nitrogens is 1. The molecule has 7 heteroatoms. The number of aromatic nitrogens is 1. The van der Waals surface area contributed by atoms with Crippen molar-refractivity contribution in [1.29, 1.82) is 0 Å². The van der Waals surface area contributed by atoms with Gasteiger partial charge in [0.15, 0.2) is 0 Å². The molecule has 0 radical (unpaired) electrons. The molecule has 2 aromatic heterocycles. The highest BCUT2D eigenvalue weighted by atomic mass is 32.2. The number of methoxy groups -OCH3 is 1. The van der Waals surface area contributed by atoms with Crippen molar-refractivity contribution in [1.82, 2.24) is 9.71 Å². The van der Waals surface area contributed by atoms with Gasteiger partial charge in [-0.2, -0.15) is 0 Å². The monoisotopic (exact) mass is 364 g/mol. The predicted octanol–water partition coefficient (Wildman–Crippen LogP) is 3.32. The molecule has 0 saturated heterocycles. The van der Waals surface area contributed by atoms with Crippen molar-refractivity contribution in [3.63, 3.8) is 0 Å². The number of ether oxygens (including phenoxy) is 1. The molecule has 3 rings (SSSR count). The number of benzene rings is 1. The maximum atomic E-state index is 12.3. The van der Waals surface area contributed by atoms with Gasteiger partial charge in [0, 0.05) is 28.5 Å². The lowest BCUT2D eigenvalue weighted by Gasteiger charge is -2.05. The molecule has 2 N–H and O–H groups in total. The lowest BCUT2D eigenvalue weighted by atomic mass is 10.1. The van der Waals surface area contributed by atoms with E-state index in [1.54, 1.807) is 13.2 Å². The van der Waals surface area contributed by atoms with Gasteiger partial charge in [0.2, 0.25) is 10.0 Å². The van der Waals surface area contributed by atoms with Crippen molar-refractivity contribution in [2.75, 3.05) is 13.7 Å². The zero-order chi connectivity index (χ0) is 17.2. The highest BCUT2D eigenvalue weighted by molar-refractivity contribution is 7.91. The van der Waals surface area contributed by atoms with Gasteiger partial charge in [0.25, 0.3) is 0 Å². The minimum Gasteiger partial charge on any atom is -0.497 e. The molecule has 24 heavy (non-hydrogen) atoms. The van der Waals surface area contributed by atoms with E-state index in [1.165, 1.54) is 11.3 Å². The van der Waals surface area contributed by atoms with E-state index in [4.69, 9.17) is 4.74 Å². The van der Waals surface area contributed by atoms with Crippen LogP contribution in [0, 0.1) is 0 Å². The molecule has 1 aromatic carbocycles. The van der Waals surface area contributed by atoms with Gasteiger partial charge in [0.05, 0.1) is 7.11 Å². The number of aryl methyl sites for hydroxylation is 1. The second-order valence-electron chi connectivity index (χ2n) is 5.45. The number of sulfonamides is 1. The van der Waals surface area contributed by atoms with Crippen LogP contribution in [0.3, 0.4) is 0 Å². The molecule has 0 spiro atoms. The van der Waals surface area contributed by atoms with Gasteiger partial charge < -0.3 is 9.72 Å². The van der Waals surface area contributed by atoms with Crippen LogP contribution in [0.2, 0.25) is 0 Å². The third-order valence-electron chi connectivity index (χ3n) is 3.91. The van der Waals surface area contributed by atoms with Crippen molar-refractivity contribution in [3.8, 4) is 5.75 Å². The highest BCUT2D eigenvalue weighted by Crippen LogP contribution is 2.24. The second kappa shape index (κ2) is 6.96. The van der Waals surface area contributed by atoms with E-state index in [2.05, 4.69) is 9.71 Å². The molecule has 0 amide bonds. The minimum atomic E-state index is -3.44. The Kier molecular flexibility index (Phi) is 4.93. The highest BCUT2D eigenvalue weighted by Gasteiger charge is 2.16. The zero-order valence-corrected chi connectivity index (χ0v) is 15.3. The van der Waals surface area contributed by atoms with Gasteiger partial charge in [0.1, 0.15) is 9.96 Å². The SMILES string of the molecule is CCc1ccc(S(=O)(=O)NCCc2c[nH]c3ccc(OC)cc23)s1. The van der Waals surface area contributed by atoms with Crippen molar-refractivity contribution in [2.24, 2.45) is 0 Å². The molecule has 0 fully saturated rings. The topological polar surface area (TPSA) is 71.2 Å². The Morgan fingerprint density at radius 2 is 2.08 bits per heavy atom. The Hall–Kier alpha value is -1.83. The predicted molar refractivity (Wildman–Crippen MR) is 97.4 cm³/mol. The number of aromatic amines is 1. The molecule has 2 heterocycles. The summed E-state index contributed by atoms with van der Waals surface area (Å²) in [5.74, 6) is 0.787. The van der Waals surface area contributed by atoms with E-state index in [-0.39, 0.29) is 0 Å². The first-order chi connectivity index (χ1) is 11.5. The summed E-state index contributed by atoms with van der Waals surface area (Å²) in [6.45, 7) is 2.37. The number of fused-ring (bicyclic) bond motifs is 1. The molecule has 0 bridgehead atoms. The average Bonchev–Trinajstić information content (AvgIpc) is 3.21. The summed E-state index contributed by atoms with van der Waals surface area (Å²) in [5.41, 5.74) is 2.08. The number of hydrogen-bond acceptors (Lipinski definition) is 4. The molecule has 0 atom stereocenters. The summed E-state index contributed by atoms with van der Waals surface area (Å²) in [4.78, 5) is 4.27. The number of hydrogen-bond donors (Lipinski definition) is 2. The smallest absolute Gasteiger partial charge is 0.250 e.